The molecular formula is C21H22N4O5S. The number of carbonyl (C=O) groups excluding carboxylic acids is 1. The molecule has 9 nitrogen and oxygen atoms in total. The zero-order chi connectivity index (χ0) is 21.8. The van der Waals surface area contributed by atoms with Crippen molar-refractivity contribution in [1.29, 1.82) is 0 Å². The number of methoxy groups -OCH3 is 1. The van der Waals surface area contributed by atoms with Crippen LogP contribution >= 0.6 is 0 Å². The van der Waals surface area contributed by atoms with E-state index in [0.29, 0.717) is 30.7 Å². The van der Waals surface area contributed by atoms with Gasteiger partial charge in [-0.2, -0.15) is 4.31 Å². The molecule has 1 fully saturated rings. The largest absolute Gasteiger partial charge is 0.497 e. The summed E-state index contributed by atoms with van der Waals surface area (Å²) < 4.78 is 37.8. The van der Waals surface area contributed by atoms with Gasteiger partial charge in [0.1, 0.15) is 5.75 Å². The van der Waals surface area contributed by atoms with Gasteiger partial charge in [0.05, 0.1) is 17.9 Å². The van der Waals surface area contributed by atoms with E-state index in [4.69, 9.17) is 9.15 Å². The van der Waals surface area contributed by atoms with Crippen LogP contribution in [0, 0.1) is 5.92 Å². The lowest BCUT2D eigenvalue weighted by atomic mass is 9.99. The summed E-state index contributed by atoms with van der Waals surface area (Å²) in [5, 5.41) is 10.4. The summed E-state index contributed by atoms with van der Waals surface area (Å²) in [5.74, 6) is 0.0162. The Balaban J connectivity index is 1.44. The van der Waals surface area contributed by atoms with Crippen LogP contribution in [-0.2, 0) is 14.8 Å². The summed E-state index contributed by atoms with van der Waals surface area (Å²) in [6, 6.07) is 15.3. The lowest BCUT2D eigenvalue weighted by Gasteiger charge is -2.30. The molecule has 1 atom stereocenters. The van der Waals surface area contributed by atoms with Gasteiger partial charge in [-0.05, 0) is 43.2 Å². The van der Waals surface area contributed by atoms with Crippen molar-refractivity contribution in [3.05, 3.63) is 54.6 Å². The first kappa shape index (κ1) is 21.0. The Bertz CT molecular complexity index is 1160. The maximum absolute atomic E-state index is 12.9. The zero-order valence-electron chi connectivity index (χ0n) is 16.9. The number of carbonyl (C=O) groups is 1. The van der Waals surface area contributed by atoms with Crippen LogP contribution in [0.25, 0.3) is 11.5 Å². The van der Waals surface area contributed by atoms with Crippen LogP contribution in [0.5, 0.6) is 5.75 Å². The molecule has 31 heavy (non-hydrogen) atoms. The van der Waals surface area contributed by atoms with Crippen LogP contribution in [-0.4, -0.2) is 49.0 Å². The fourth-order valence-electron chi connectivity index (χ4n) is 3.47. The molecule has 0 radical (unpaired) electrons. The molecule has 2 heterocycles. The number of piperidine rings is 1. The van der Waals surface area contributed by atoms with E-state index in [1.165, 1.54) is 4.31 Å². The second-order valence-corrected chi connectivity index (χ2v) is 9.09. The highest BCUT2D eigenvalue weighted by molar-refractivity contribution is 7.89. The Labute approximate surface area is 180 Å². The van der Waals surface area contributed by atoms with E-state index >= 15 is 0 Å². The van der Waals surface area contributed by atoms with Crippen molar-refractivity contribution in [2.24, 2.45) is 5.92 Å². The van der Waals surface area contributed by atoms with E-state index in [2.05, 4.69) is 15.5 Å². The average molecular weight is 442 g/mol. The van der Waals surface area contributed by atoms with Crippen LogP contribution in [0.4, 0.5) is 6.01 Å². The smallest absolute Gasteiger partial charge is 0.322 e. The number of hydrogen-bond donors (Lipinski definition) is 1. The predicted molar refractivity (Wildman–Crippen MR) is 113 cm³/mol. The van der Waals surface area contributed by atoms with Gasteiger partial charge in [0.25, 0.3) is 0 Å². The summed E-state index contributed by atoms with van der Waals surface area (Å²) in [6.07, 6.45) is 1.16. The molecule has 0 spiro atoms. The van der Waals surface area contributed by atoms with Gasteiger partial charge in [0, 0.05) is 18.7 Å². The average Bonchev–Trinajstić information content (AvgIpc) is 3.28. The highest BCUT2D eigenvalue weighted by Gasteiger charge is 2.33. The Morgan fingerprint density at radius 3 is 2.74 bits per heavy atom. The van der Waals surface area contributed by atoms with Crippen molar-refractivity contribution < 1.29 is 22.4 Å². The third-order valence-electron chi connectivity index (χ3n) is 5.11. The molecule has 0 aliphatic carbocycles. The number of anilines is 1. The molecule has 1 N–H and O–H groups in total. The van der Waals surface area contributed by atoms with Crippen molar-refractivity contribution in [2.75, 3.05) is 25.5 Å². The van der Waals surface area contributed by atoms with E-state index in [1.807, 2.05) is 0 Å². The van der Waals surface area contributed by atoms with Crippen molar-refractivity contribution in [3.8, 4) is 17.2 Å². The second kappa shape index (κ2) is 8.86. The van der Waals surface area contributed by atoms with Crippen molar-refractivity contribution >= 4 is 21.9 Å². The summed E-state index contributed by atoms with van der Waals surface area (Å²) in [6.45, 7) is 0.474. The van der Waals surface area contributed by atoms with Gasteiger partial charge in [-0.15, -0.1) is 5.10 Å². The van der Waals surface area contributed by atoms with E-state index in [1.54, 1.807) is 61.7 Å². The van der Waals surface area contributed by atoms with Gasteiger partial charge in [-0.1, -0.05) is 29.4 Å². The molecule has 162 valence electrons. The molecule has 10 heteroatoms. The molecule has 3 aromatic rings. The minimum atomic E-state index is -3.65. The first-order chi connectivity index (χ1) is 15.0. The number of hydrogen-bond acceptors (Lipinski definition) is 7. The van der Waals surface area contributed by atoms with Gasteiger partial charge >= 0.3 is 6.01 Å². The molecule has 1 saturated heterocycles. The first-order valence-corrected chi connectivity index (χ1v) is 11.3. The molecule has 1 aromatic heterocycles. The van der Waals surface area contributed by atoms with E-state index in [0.717, 1.165) is 0 Å². The quantitative estimate of drug-likeness (QED) is 0.624. The van der Waals surface area contributed by atoms with E-state index < -0.39 is 15.9 Å². The monoisotopic (exact) mass is 442 g/mol. The van der Waals surface area contributed by atoms with Gasteiger partial charge in [-0.3, -0.25) is 10.1 Å². The maximum Gasteiger partial charge on any atom is 0.322 e. The van der Waals surface area contributed by atoms with Crippen LogP contribution in [0.2, 0.25) is 0 Å². The fourth-order valence-corrected chi connectivity index (χ4v) is 5.02. The van der Waals surface area contributed by atoms with Crippen LogP contribution < -0.4 is 10.1 Å². The molecule has 1 amide bonds. The molecule has 0 bridgehead atoms. The van der Waals surface area contributed by atoms with Crippen LogP contribution in [0.1, 0.15) is 12.8 Å². The SMILES string of the molecule is COc1cccc(-c2nnc(NC(=O)C3CCCN(S(=O)(=O)c4ccccc4)C3)o2)c1. The van der Waals surface area contributed by atoms with Crippen molar-refractivity contribution in [1.82, 2.24) is 14.5 Å². The lowest BCUT2D eigenvalue weighted by molar-refractivity contribution is -0.121. The van der Waals surface area contributed by atoms with Crippen LogP contribution in [0.3, 0.4) is 0 Å². The van der Waals surface area contributed by atoms with Gasteiger partial charge in [0.2, 0.25) is 21.8 Å². The Hall–Kier alpha value is -3.24. The van der Waals surface area contributed by atoms with E-state index in [9.17, 15) is 13.2 Å². The van der Waals surface area contributed by atoms with Crippen molar-refractivity contribution in [3.63, 3.8) is 0 Å². The number of benzene rings is 2. The normalized spacial score (nSPS) is 17.3. The Kier molecular flexibility index (Phi) is 6.01. The molecule has 0 saturated carbocycles. The topological polar surface area (TPSA) is 115 Å². The number of rotatable bonds is 6. The Morgan fingerprint density at radius 2 is 1.97 bits per heavy atom. The number of amides is 1. The number of nitrogens with zero attached hydrogens (tertiary/aromatic N) is 3. The minimum Gasteiger partial charge on any atom is -0.497 e. The highest BCUT2D eigenvalue weighted by Crippen LogP contribution is 2.26. The summed E-state index contributed by atoms with van der Waals surface area (Å²) in [5.41, 5.74) is 0.658. The molecule has 1 aliphatic heterocycles. The molecule has 1 unspecified atom stereocenters. The molecule has 2 aromatic carbocycles. The first-order valence-electron chi connectivity index (χ1n) is 9.81. The van der Waals surface area contributed by atoms with E-state index in [-0.39, 0.29) is 29.3 Å². The predicted octanol–water partition coefficient (Wildman–Crippen LogP) is 2.78. The summed E-state index contributed by atoms with van der Waals surface area (Å²) >= 11 is 0. The van der Waals surface area contributed by atoms with Gasteiger partial charge in [0.15, 0.2) is 0 Å². The Morgan fingerprint density at radius 1 is 1.16 bits per heavy atom. The van der Waals surface area contributed by atoms with Crippen molar-refractivity contribution in [2.45, 2.75) is 17.7 Å². The van der Waals surface area contributed by atoms with Crippen LogP contribution in [0.15, 0.2) is 63.9 Å². The van der Waals surface area contributed by atoms with Gasteiger partial charge in [-0.25, -0.2) is 8.42 Å². The lowest BCUT2D eigenvalue weighted by Crippen LogP contribution is -2.43. The fraction of sp³-hybridized carbons (Fsp3) is 0.286. The number of sulfonamides is 1. The molecule has 1 aliphatic rings. The second-order valence-electron chi connectivity index (χ2n) is 7.15. The number of nitrogens with one attached hydrogen (secondary N) is 1. The number of ether oxygens (including phenoxy) is 1. The minimum absolute atomic E-state index is 0.0362. The summed E-state index contributed by atoms with van der Waals surface area (Å²) in [7, 11) is -2.09. The summed E-state index contributed by atoms with van der Waals surface area (Å²) in [4.78, 5) is 13.0. The zero-order valence-corrected chi connectivity index (χ0v) is 17.7. The number of aromatic nitrogens is 2. The third kappa shape index (κ3) is 4.59. The maximum atomic E-state index is 12.9. The van der Waals surface area contributed by atoms with Gasteiger partial charge < -0.3 is 9.15 Å². The third-order valence-corrected chi connectivity index (χ3v) is 6.99. The molecular weight excluding hydrogens is 420 g/mol. The highest BCUT2D eigenvalue weighted by atomic mass is 32.2. The standard InChI is InChI=1S/C21H22N4O5S/c1-29-17-9-5-7-15(13-17)20-23-24-21(30-20)22-19(26)16-8-6-12-25(14-16)31(27,28)18-10-3-2-4-11-18/h2-5,7,9-11,13,16H,6,8,12,14H2,1H3,(H,22,24,26). The molecule has 4 rings (SSSR count).